The molecule has 1 N–H and O–H groups in total. The Morgan fingerprint density at radius 1 is 1.33 bits per heavy atom. The SMILES string of the molecule is C/C(=N\NC(=O)CSc1nc2ccccc2s1)c1ccc(C)c([N+](=O)[O-])c1. The number of nitro benzene ring substituents is 1. The highest BCUT2D eigenvalue weighted by atomic mass is 32.2. The molecule has 0 aliphatic carbocycles. The smallest absolute Gasteiger partial charge is 0.272 e. The third-order valence-corrected chi connectivity index (χ3v) is 5.95. The monoisotopic (exact) mass is 400 g/mol. The normalized spacial score (nSPS) is 11.6. The molecule has 1 amide bonds. The van der Waals surface area contributed by atoms with Crippen molar-refractivity contribution in [1.29, 1.82) is 0 Å². The van der Waals surface area contributed by atoms with Crippen molar-refractivity contribution in [2.45, 2.75) is 18.2 Å². The van der Waals surface area contributed by atoms with Crippen molar-refractivity contribution in [2.24, 2.45) is 5.10 Å². The minimum Gasteiger partial charge on any atom is -0.272 e. The van der Waals surface area contributed by atoms with Crippen LogP contribution in [0.5, 0.6) is 0 Å². The maximum absolute atomic E-state index is 12.0. The van der Waals surface area contributed by atoms with Gasteiger partial charge in [0.15, 0.2) is 4.34 Å². The standard InChI is InChI=1S/C18H16N4O3S2/c1-11-7-8-13(9-15(11)22(24)25)12(2)20-21-17(23)10-26-18-19-14-5-3-4-6-16(14)27-18/h3-9H,10H2,1-2H3,(H,21,23)/b20-12+. The number of para-hydroxylation sites is 1. The quantitative estimate of drug-likeness (QED) is 0.290. The molecule has 0 aliphatic rings. The van der Waals surface area contributed by atoms with E-state index in [2.05, 4.69) is 15.5 Å². The van der Waals surface area contributed by atoms with Crippen molar-refractivity contribution in [3.05, 3.63) is 63.7 Å². The number of thioether (sulfide) groups is 1. The van der Waals surface area contributed by atoms with E-state index >= 15 is 0 Å². The molecule has 3 aromatic rings. The first-order valence-electron chi connectivity index (χ1n) is 8.01. The Morgan fingerprint density at radius 2 is 2.11 bits per heavy atom. The average Bonchev–Trinajstić information content (AvgIpc) is 3.07. The predicted octanol–water partition coefficient (Wildman–Crippen LogP) is 4.15. The third kappa shape index (κ3) is 4.69. The molecule has 0 saturated carbocycles. The molecule has 0 aliphatic heterocycles. The molecule has 0 bridgehead atoms. The van der Waals surface area contributed by atoms with E-state index in [1.807, 2.05) is 24.3 Å². The molecule has 2 aromatic carbocycles. The van der Waals surface area contributed by atoms with Crippen molar-refractivity contribution in [1.82, 2.24) is 10.4 Å². The van der Waals surface area contributed by atoms with E-state index in [1.54, 1.807) is 26.0 Å². The molecule has 0 unspecified atom stereocenters. The lowest BCUT2D eigenvalue weighted by Gasteiger charge is -2.04. The van der Waals surface area contributed by atoms with Crippen molar-refractivity contribution in [2.75, 3.05) is 5.75 Å². The maximum atomic E-state index is 12.0. The summed E-state index contributed by atoms with van der Waals surface area (Å²) in [6, 6.07) is 12.7. The molecule has 3 rings (SSSR count). The Kier molecular flexibility index (Phi) is 5.82. The fraction of sp³-hybridized carbons (Fsp3) is 0.167. The van der Waals surface area contributed by atoms with Gasteiger partial charge >= 0.3 is 0 Å². The molecular weight excluding hydrogens is 384 g/mol. The summed E-state index contributed by atoms with van der Waals surface area (Å²) in [6.07, 6.45) is 0. The largest absolute Gasteiger partial charge is 0.272 e. The Morgan fingerprint density at radius 3 is 2.85 bits per heavy atom. The highest BCUT2D eigenvalue weighted by molar-refractivity contribution is 8.01. The first kappa shape index (κ1) is 19.0. The van der Waals surface area contributed by atoms with Crippen LogP contribution in [0.4, 0.5) is 5.69 Å². The first-order valence-corrected chi connectivity index (χ1v) is 9.81. The number of benzene rings is 2. The molecular formula is C18H16N4O3S2. The lowest BCUT2D eigenvalue weighted by atomic mass is 10.1. The van der Waals surface area contributed by atoms with Gasteiger partial charge in [-0.1, -0.05) is 36.0 Å². The summed E-state index contributed by atoms with van der Waals surface area (Å²) in [5, 5.41) is 15.1. The fourth-order valence-corrected chi connectivity index (χ4v) is 4.18. The van der Waals surface area contributed by atoms with E-state index in [1.165, 1.54) is 29.2 Å². The van der Waals surface area contributed by atoms with Gasteiger partial charge in [-0.25, -0.2) is 10.4 Å². The van der Waals surface area contributed by atoms with Crippen LogP contribution in [-0.4, -0.2) is 27.3 Å². The van der Waals surface area contributed by atoms with Crippen LogP contribution >= 0.6 is 23.1 Å². The second-order valence-corrected chi connectivity index (χ2v) is 7.98. The van der Waals surface area contributed by atoms with E-state index in [0.717, 1.165) is 14.6 Å². The number of hydrazone groups is 1. The van der Waals surface area contributed by atoms with Crippen molar-refractivity contribution in [3.8, 4) is 0 Å². The van der Waals surface area contributed by atoms with Crippen LogP contribution in [-0.2, 0) is 4.79 Å². The molecule has 1 aromatic heterocycles. The van der Waals surface area contributed by atoms with Gasteiger partial charge in [-0.15, -0.1) is 11.3 Å². The van der Waals surface area contributed by atoms with Gasteiger partial charge in [0.2, 0.25) is 0 Å². The molecule has 0 fully saturated rings. The second kappa shape index (κ2) is 8.28. The van der Waals surface area contributed by atoms with Gasteiger partial charge in [-0.3, -0.25) is 14.9 Å². The minimum atomic E-state index is -0.431. The number of aryl methyl sites for hydroxylation is 1. The molecule has 9 heteroatoms. The molecule has 7 nitrogen and oxygen atoms in total. The summed E-state index contributed by atoms with van der Waals surface area (Å²) in [4.78, 5) is 27.1. The summed E-state index contributed by atoms with van der Waals surface area (Å²) >= 11 is 2.89. The molecule has 27 heavy (non-hydrogen) atoms. The summed E-state index contributed by atoms with van der Waals surface area (Å²) in [7, 11) is 0. The van der Waals surface area contributed by atoms with Crippen LogP contribution in [0.15, 0.2) is 51.9 Å². The van der Waals surface area contributed by atoms with Crippen LogP contribution in [0, 0.1) is 17.0 Å². The van der Waals surface area contributed by atoms with Crippen LogP contribution in [0.2, 0.25) is 0 Å². The van der Waals surface area contributed by atoms with Gasteiger partial charge in [0, 0.05) is 17.2 Å². The molecule has 0 radical (unpaired) electrons. The van der Waals surface area contributed by atoms with Crippen LogP contribution in [0.3, 0.4) is 0 Å². The van der Waals surface area contributed by atoms with Crippen LogP contribution < -0.4 is 5.43 Å². The Bertz CT molecular complexity index is 1010. The van der Waals surface area contributed by atoms with Crippen molar-refractivity contribution < 1.29 is 9.72 Å². The predicted molar refractivity (Wildman–Crippen MR) is 109 cm³/mol. The topological polar surface area (TPSA) is 97.5 Å². The average molecular weight is 400 g/mol. The molecule has 138 valence electrons. The van der Waals surface area contributed by atoms with E-state index in [0.29, 0.717) is 16.8 Å². The number of hydrogen-bond acceptors (Lipinski definition) is 7. The van der Waals surface area contributed by atoms with Crippen molar-refractivity contribution in [3.63, 3.8) is 0 Å². The van der Waals surface area contributed by atoms with E-state index in [4.69, 9.17) is 0 Å². The maximum Gasteiger partial charge on any atom is 0.272 e. The van der Waals surface area contributed by atoms with Crippen LogP contribution in [0.1, 0.15) is 18.1 Å². The van der Waals surface area contributed by atoms with Gasteiger partial charge < -0.3 is 0 Å². The Labute approximate surface area is 163 Å². The highest BCUT2D eigenvalue weighted by Gasteiger charge is 2.12. The van der Waals surface area contributed by atoms with Crippen molar-refractivity contribution >= 4 is 50.6 Å². The molecule has 0 spiro atoms. The summed E-state index contributed by atoms with van der Waals surface area (Å²) < 4.78 is 1.90. The number of hydrogen-bond donors (Lipinski definition) is 1. The van der Waals surface area contributed by atoms with Gasteiger partial charge in [0.1, 0.15) is 0 Å². The van der Waals surface area contributed by atoms with Gasteiger partial charge in [-0.05, 0) is 26.0 Å². The summed E-state index contributed by atoms with van der Waals surface area (Å²) in [6.45, 7) is 3.37. The van der Waals surface area contributed by atoms with Crippen LogP contribution in [0.25, 0.3) is 10.2 Å². The van der Waals surface area contributed by atoms with Gasteiger partial charge in [-0.2, -0.15) is 5.10 Å². The fourth-order valence-electron chi connectivity index (χ4n) is 2.31. The first-order chi connectivity index (χ1) is 12.9. The molecule has 0 saturated heterocycles. The number of rotatable bonds is 6. The summed E-state index contributed by atoms with van der Waals surface area (Å²) in [5.74, 6) is -0.0785. The number of aromatic nitrogens is 1. The number of thiazole rings is 1. The lowest BCUT2D eigenvalue weighted by Crippen LogP contribution is -2.21. The highest BCUT2D eigenvalue weighted by Crippen LogP contribution is 2.29. The van der Waals surface area contributed by atoms with E-state index in [9.17, 15) is 14.9 Å². The Balaban J connectivity index is 1.60. The zero-order valence-electron chi connectivity index (χ0n) is 14.6. The number of nitro groups is 1. The number of nitrogens with zero attached hydrogens (tertiary/aromatic N) is 3. The molecule has 0 atom stereocenters. The van der Waals surface area contributed by atoms with Gasteiger partial charge in [0.25, 0.3) is 11.6 Å². The van der Waals surface area contributed by atoms with E-state index < -0.39 is 4.92 Å². The summed E-state index contributed by atoms with van der Waals surface area (Å²) in [5.41, 5.74) is 5.09. The zero-order valence-corrected chi connectivity index (χ0v) is 16.3. The number of fused-ring (bicyclic) bond motifs is 1. The number of nitrogens with one attached hydrogen (secondary N) is 1. The van der Waals surface area contributed by atoms with E-state index in [-0.39, 0.29) is 17.3 Å². The zero-order chi connectivity index (χ0) is 19.4. The Hall–Kier alpha value is -2.78. The number of carbonyl (C=O) groups is 1. The second-order valence-electron chi connectivity index (χ2n) is 5.73. The number of amides is 1. The molecule has 1 heterocycles. The number of carbonyl (C=O) groups excluding carboxylic acids is 1. The minimum absolute atomic E-state index is 0.0276. The van der Waals surface area contributed by atoms with Gasteiger partial charge in [0.05, 0.1) is 26.6 Å². The third-order valence-electron chi connectivity index (χ3n) is 3.77. The lowest BCUT2D eigenvalue weighted by molar-refractivity contribution is -0.385.